The molecule has 2 amide bonds. The Hall–Kier alpha value is -2.95. The molecule has 0 fully saturated rings. The van der Waals surface area contributed by atoms with Crippen molar-refractivity contribution in [3.63, 3.8) is 0 Å². The van der Waals surface area contributed by atoms with E-state index in [2.05, 4.69) is 35.4 Å². The number of H-pyrrole nitrogens is 1. The number of hydrogen-bond acceptors (Lipinski definition) is 2. The molecule has 0 saturated carbocycles. The summed E-state index contributed by atoms with van der Waals surface area (Å²) >= 11 is 0. The Kier molecular flexibility index (Phi) is 5.01. The second kappa shape index (κ2) is 7.74. The Balaban J connectivity index is 1.39. The van der Waals surface area contributed by atoms with Crippen LogP contribution in [0, 0.1) is 0 Å². The highest BCUT2D eigenvalue weighted by Crippen LogP contribution is 2.27. The minimum absolute atomic E-state index is 0.0704. The number of para-hydroxylation sites is 1. The Labute approximate surface area is 159 Å². The molecular formula is C22H25N3O2. The third-order valence-electron chi connectivity index (χ3n) is 5.04. The maximum absolute atomic E-state index is 12.7. The van der Waals surface area contributed by atoms with Crippen LogP contribution < -0.4 is 10.1 Å². The van der Waals surface area contributed by atoms with Crippen molar-refractivity contribution in [1.82, 2.24) is 9.88 Å². The lowest BCUT2D eigenvalue weighted by molar-refractivity contribution is 0.206. The number of urea groups is 1. The van der Waals surface area contributed by atoms with Crippen molar-refractivity contribution in [1.29, 1.82) is 0 Å². The molecule has 5 nitrogen and oxygen atoms in total. The number of unbranched alkanes of at least 4 members (excludes halogenated alkanes) is 1. The number of benzene rings is 2. The fraction of sp³-hybridized carbons (Fsp3) is 0.318. The average molecular weight is 363 g/mol. The van der Waals surface area contributed by atoms with Gasteiger partial charge in [0.25, 0.3) is 0 Å². The van der Waals surface area contributed by atoms with E-state index in [0.29, 0.717) is 6.54 Å². The summed E-state index contributed by atoms with van der Waals surface area (Å²) in [5.41, 5.74) is 4.40. The van der Waals surface area contributed by atoms with Crippen molar-refractivity contribution < 1.29 is 9.53 Å². The Morgan fingerprint density at radius 2 is 2.00 bits per heavy atom. The van der Waals surface area contributed by atoms with Crippen LogP contribution in [0.1, 0.15) is 31.0 Å². The van der Waals surface area contributed by atoms with Crippen LogP contribution in [-0.4, -0.2) is 29.1 Å². The number of anilines is 1. The SMILES string of the molecule is CCCCOc1ccc(NC(=O)N2CCc3c([nH]c4ccccc34)C2)cc1. The third-order valence-corrected chi connectivity index (χ3v) is 5.04. The fourth-order valence-electron chi connectivity index (χ4n) is 3.54. The second-order valence-corrected chi connectivity index (χ2v) is 6.96. The van der Waals surface area contributed by atoms with Crippen molar-refractivity contribution in [2.45, 2.75) is 32.7 Å². The van der Waals surface area contributed by atoms with Gasteiger partial charge >= 0.3 is 6.03 Å². The number of aromatic nitrogens is 1. The molecule has 1 aromatic heterocycles. The number of hydrogen-bond donors (Lipinski definition) is 2. The smallest absolute Gasteiger partial charge is 0.322 e. The van der Waals surface area contributed by atoms with Gasteiger partial charge in [-0.3, -0.25) is 0 Å². The van der Waals surface area contributed by atoms with E-state index >= 15 is 0 Å². The Morgan fingerprint density at radius 1 is 1.19 bits per heavy atom. The predicted octanol–water partition coefficient (Wildman–Crippen LogP) is 4.94. The highest BCUT2D eigenvalue weighted by Gasteiger charge is 2.23. The number of amides is 2. The minimum Gasteiger partial charge on any atom is -0.494 e. The molecule has 0 unspecified atom stereocenters. The first kappa shape index (κ1) is 17.5. The molecule has 0 atom stereocenters. The zero-order valence-corrected chi connectivity index (χ0v) is 15.6. The lowest BCUT2D eigenvalue weighted by atomic mass is 10.0. The molecule has 0 radical (unpaired) electrons. The molecule has 27 heavy (non-hydrogen) atoms. The monoisotopic (exact) mass is 363 g/mol. The number of carbonyl (C=O) groups excluding carboxylic acids is 1. The normalized spacial score (nSPS) is 13.4. The number of nitrogens with zero attached hydrogens (tertiary/aromatic N) is 1. The first-order valence-electron chi connectivity index (χ1n) is 9.62. The summed E-state index contributed by atoms with van der Waals surface area (Å²) in [4.78, 5) is 18.0. The summed E-state index contributed by atoms with van der Waals surface area (Å²) in [5, 5.41) is 4.26. The quantitative estimate of drug-likeness (QED) is 0.631. The molecule has 3 aromatic rings. The highest BCUT2D eigenvalue weighted by molar-refractivity contribution is 5.90. The summed E-state index contributed by atoms with van der Waals surface area (Å²) in [5.74, 6) is 0.835. The molecule has 2 heterocycles. The molecule has 4 rings (SSSR count). The maximum atomic E-state index is 12.7. The van der Waals surface area contributed by atoms with Crippen LogP contribution >= 0.6 is 0 Å². The minimum atomic E-state index is -0.0704. The van der Waals surface area contributed by atoms with Gasteiger partial charge in [-0.1, -0.05) is 31.5 Å². The zero-order chi connectivity index (χ0) is 18.6. The Morgan fingerprint density at radius 3 is 2.81 bits per heavy atom. The van der Waals surface area contributed by atoms with Crippen molar-refractivity contribution in [2.75, 3.05) is 18.5 Å². The molecule has 0 spiro atoms. The van der Waals surface area contributed by atoms with Crippen molar-refractivity contribution >= 4 is 22.6 Å². The van der Waals surface area contributed by atoms with Gasteiger partial charge in [-0.05, 0) is 48.7 Å². The zero-order valence-electron chi connectivity index (χ0n) is 15.6. The Bertz CT molecular complexity index is 930. The lowest BCUT2D eigenvalue weighted by Gasteiger charge is -2.27. The molecule has 140 valence electrons. The maximum Gasteiger partial charge on any atom is 0.322 e. The van der Waals surface area contributed by atoms with Crippen LogP contribution in [0.4, 0.5) is 10.5 Å². The molecule has 5 heteroatoms. The molecule has 0 aliphatic carbocycles. The molecule has 1 aliphatic rings. The van der Waals surface area contributed by atoms with Crippen LogP contribution in [0.2, 0.25) is 0 Å². The van der Waals surface area contributed by atoms with Crippen molar-refractivity contribution in [3.8, 4) is 5.75 Å². The molecule has 2 N–H and O–H groups in total. The molecule has 2 aromatic carbocycles. The van der Waals surface area contributed by atoms with E-state index in [1.165, 1.54) is 10.9 Å². The molecule has 0 saturated heterocycles. The highest BCUT2D eigenvalue weighted by atomic mass is 16.5. The number of ether oxygens (including phenoxy) is 1. The summed E-state index contributed by atoms with van der Waals surface area (Å²) in [6.07, 6.45) is 3.03. The van der Waals surface area contributed by atoms with Gasteiger partial charge in [0.05, 0.1) is 13.2 Å². The standard InChI is InChI=1S/C22H25N3O2/c1-2-3-14-27-17-10-8-16(9-11-17)23-22(26)25-13-12-19-18-6-4-5-7-20(18)24-21(19)15-25/h4-11,24H,2-3,12-15H2,1H3,(H,23,26). The largest absolute Gasteiger partial charge is 0.494 e. The van der Waals surface area contributed by atoms with E-state index in [4.69, 9.17) is 4.74 Å². The van der Waals surface area contributed by atoms with Crippen LogP contribution in [0.3, 0.4) is 0 Å². The number of aromatic amines is 1. The number of rotatable bonds is 5. The number of carbonyl (C=O) groups is 1. The van der Waals surface area contributed by atoms with Crippen molar-refractivity contribution in [2.24, 2.45) is 0 Å². The van der Waals surface area contributed by atoms with Gasteiger partial charge in [-0.15, -0.1) is 0 Å². The molecule has 1 aliphatic heterocycles. The second-order valence-electron chi connectivity index (χ2n) is 6.96. The van der Waals surface area contributed by atoms with Crippen LogP contribution in [-0.2, 0) is 13.0 Å². The lowest BCUT2D eigenvalue weighted by Crippen LogP contribution is -2.38. The van der Waals surface area contributed by atoms with Crippen molar-refractivity contribution in [3.05, 3.63) is 59.8 Å². The van der Waals surface area contributed by atoms with Gasteiger partial charge in [0.15, 0.2) is 0 Å². The van der Waals surface area contributed by atoms with Gasteiger partial charge < -0.3 is 19.9 Å². The summed E-state index contributed by atoms with van der Waals surface area (Å²) in [7, 11) is 0. The van der Waals surface area contributed by atoms with E-state index in [0.717, 1.165) is 55.1 Å². The first-order valence-corrected chi connectivity index (χ1v) is 9.62. The molecule has 0 bridgehead atoms. The van der Waals surface area contributed by atoms with E-state index in [9.17, 15) is 4.79 Å². The topological polar surface area (TPSA) is 57.4 Å². The van der Waals surface area contributed by atoms with Gasteiger partial charge in [0.2, 0.25) is 0 Å². The van der Waals surface area contributed by atoms with Gasteiger partial charge in [-0.25, -0.2) is 4.79 Å². The van der Waals surface area contributed by atoms with Gasteiger partial charge in [0.1, 0.15) is 5.75 Å². The predicted molar refractivity (Wildman–Crippen MR) is 108 cm³/mol. The van der Waals surface area contributed by atoms with E-state index in [-0.39, 0.29) is 6.03 Å². The summed E-state index contributed by atoms with van der Waals surface area (Å²) in [6.45, 7) is 4.19. The number of nitrogens with one attached hydrogen (secondary N) is 2. The number of fused-ring (bicyclic) bond motifs is 3. The van der Waals surface area contributed by atoms with E-state index < -0.39 is 0 Å². The van der Waals surface area contributed by atoms with Gasteiger partial charge in [0, 0.05) is 28.8 Å². The van der Waals surface area contributed by atoms with Crippen LogP contribution in [0.15, 0.2) is 48.5 Å². The van der Waals surface area contributed by atoms with Crippen LogP contribution in [0.5, 0.6) is 5.75 Å². The average Bonchev–Trinajstić information content (AvgIpc) is 3.07. The summed E-state index contributed by atoms with van der Waals surface area (Å²) in [6, 6.07) is 15.8. The van der Waals surface area contributed by atoms with Gasteiger partial charge in [-0.2, -0.15) is 0 Å². The van der Waals surface area contributed by atoms with Crippen LogP contribution in [0.25, 0.3) is 10.9 Å². The fourth-order valence-corrected chi connectivity index (χ4v) is 3.54. The summed E-state index contributed by atoms with van der Waals surface area (Å²) < 4.78 is 5.66. The van der Waals surface area contributed by atoms with E-state index in [1.54, 1.807) is 0 Å². The van der Waals surface area contributed by atoms with E-state index in [1.807, 2.05) is 35.2 Å². The first-order chi connectivity index (χ1) is 13.2. The molecular weight excluding hydrogens is 338 g/mol. The third kappa shape index (κ3) is 3.77.